The molecule has 5 atom stereocenters. The lowest BCUT2D eigenvalue weighted by molar-refractivity contribution is -0.0713. The minimum atomic E-state index is -1.20. The van der Waals surface area contributed by atoms with Crippen molar-refractivity contribution < 1.29 is 25.2 Å². The van der Waals surface area contributed by atoms with Gasteiger partial charge < -0.3 is 25.2 Å². The summed E-state index contributed by atoms with van der Waals surface area (Å²) in [6.45, 7) is 1.46. The Bertz CT molecular complexity index is 410. The van der Waals surface area contributed by atoms with E-state index in [0.29, 0.717) is 0 Å². The fourth-order valence-corrected chi connectivity index (χ4v) is 2.99. The zero-order chi connectivity index (χ0) is 14.0. The van der Waals surface area contributed by atoms with Crippen LogP contribution in [0.15, 0.2) is 29.2 Å². The number of aliphatic hydroxyl groups is 4. The number of benzene rings is 1. The van der Waals surface area contributed by atoms with Gasteiger partial charge in [-0.25, -0.2) is 0 Å². The molecule has 0 spiro atoms. The average molecular weight is 286 g/mol. The van der Waals surface area contributed by atoms with Gasteiger partial charge in [-0.15, -0.1) is 0 Å². The summed E-state index contributed by atoms with van der Waals surface area (Å²) >= 11 is 1.28. The average Bonchev–Trinajstić information content (AvgIpc) is 2.69. The van der Waals surface area contributed by atoms with E-state index in [2.05, 4.69) is 0 Å². The van der Waals surface area contributed by atoms with E-state index in [4.69, 9.17) is 9.84 Å². The van der Waals surface area contributed by atoms with E-state index in [9.17, 15) is 15.3 Å². The molecule has 0 amide bonds. The van der Waals surface area contributed by atoms with Gasteiger partial charge in [0.1, 0.15) is 29.9 Å². The van der Waals surface area contributed by atoms with Gasteiger partial charge in [0.2, 0.25) is 0 Å². The summed E-state index contributed by atoms with van der Waals surface area (Å²) in [7, 11) is 0. The summed E-state index contributed by atoms with van der Waals surface area (Å²) in [6.07, 6.45) is -4.47. The predicted molar refractivity (Wildman–Crippen MR) is 70.8 cm³/mol. The Morgan fingerprint density at radius 3 is 2.42 bits per heavy atom. The van der Waals surface area contributed by atoms with Crippen molar-refractivity contribution in [2.24, 2.45) is 0 Å². The molecule has 0 bridgehead atoms. The van der Waals surface area contributed by atoms with E-state index in [-0.39, 0.29) is 0 Å². The Balaban J connectivity index is 2.03. The number of thioether (sulfide) groups is 1. The summed E-state index contributed by atoms with van der Waals surface area (Å²) in [4.78, 5) is 0.904. The van der Waals surface area contributed by atoms with Crippen LogP contribution < -0.4 is 0 Å². The lowest BCUT2D eigenvalue weighted by Crippen LogP contribution is -2.40. The van der Waals surface area contributed by atoms with Crippen molar-refractivity contribution in [2.75, 3.05) is 6.61 Å². The fourth-order valence-electron chi connectivity index (χ4n) is 1.94. The Kier molecular flexibility index (Phi) is 4.83. The molecule has 0 saturated carbocycles. The van der Waals surface area contributed by atoms with Crippen molar-refractivity contribution >= 4 is 11.8 Å². The highest BCUT2D eigenvalue weighted by atomic mass is 32.2. The Labute approximate surface area is 115 Å². The molecule has 0 radical (unpaired) electrons. The van der Waals surface area contributed by atoms with Crippen LogP contribution in [0.3, 0.4) is 0 Å². The zero-order valence-electron chi connectivity index (χ0n) is 10.5. The molecule has 1 heterocycles. The lowest BCUT2D eigenvalue weighted by Gasteiger charge is -2.18. The number of hydrogen-bond donors (Lipinski definition) is 4. The number of hydrogen-bond acceptors (Lipinski definition) is 6. The molecule has 1 aromatic rings. The lowest BCUT2D eigenvalue weighted by atomic mass is 10.1. The molecule has 1 saturated heterocycles. The highest BCUT2D eigenvalue weighted by Gasteiger charge is 2.46. The molecule has 1 aromatic carbocycles. The maximum absolute atomic E-state index is 9.90. The van der Waals surface area contributed by atoms with Gasteiger partial charge in [-0.3, -0.25) is 0 Å². The van der Waals surface area contributed by atoms with Crippen molar-refractivity contribution in [3.63, 3.8) is 0 Å². The first-order valence-corrected chi connectivity index (χ1v) is 6.94. The molecular weight excluding hydrogens is 268 g/mol. The van der Waals surface area contributed by atoms with Gasteiger partial charge in [0.05, 0.1) is 6.61 Å². The molecule has 0 aliphatic carbocycles. The Morgan fingerprint density at radius 2 is 1.84 bits per heavy atom. The smallest absolute Gasteiger partial charge is 0.136 e. The molecule has 2 rings (SSSR count). The summed E-state index contributed by atoms with van der Waals surface area (Å²) in [5, 5.41) is 38.1. The maximum atomic E-state index is 9.90. The largest absolute Gasteiger partial charge is 0.394 e. The topological polar surface area (TPSA) is 90.2 Å². The molecule has 19 heavy (non-hydrogen) atoms. The van der Waals surface area contributed by atoms with Crippen LogP contribution in [-0.4, -0.2) is 56.9 Å². The monoisotopic (exact) mass is 286 g/mol. The minimum absolute atomic E-state index is 0.517. The Hall–Kier alpha value is -0.630. The second kappa shape index (κ2) is 6.21. The van der Waals surface area contributed by atoms with Crippen LogP contribution in [-0.2, 0) is 4.74 Å². The minimum Gasteiger partial charge on any atom is -0.394 e. The first-order valence-electron chi connectivity index (χ1n) is 6.07. The molecule has 0 aromatic heterocycles. The summed E-state index contributed by atoms with van der Waals surface area (Å²) < 4.78 is 5.43. The molecule has 1 aliphatic heterocycles. The highest BCUT2D eigenvalue weighted by Crippen LogP contribution is 2.35. The van der Waals surface area contributed by atoms with Gasteiger partial charge in [-0.05, 0) is 19.1 Å². The van der Waals surface area contributed by atoms with E-state index in [1.807, 2.05) is 31.2 Å². The van der Waals surface area contributed by atoms with Crippen LogP contribution in [0.25, 0.3) is 0 Å². The second-order valence-electron chi connectivity index (χ2n) is 4.63. The van der Waals surface area contributed by atoms with Gasteiger partial charge >= 0.3 is 0 Å². The predicted octanol–water partition coefficient (Wildman–Crippen LogP) is -0.113. The first kappa shape index (κ1) is 14.8. The van der Waals surface area contributed by atoms with E-state index >= 15 is 0 Å². The SMILES string of the molecule is Cc1ccc(S[C@H]2O[C@@H]([C@H](O)CO)[C@H](O)[C@H]2O)cc1. The summed E-state index contributed by atoms with van der Waals surface area (Å²) in [6, 6.07) is 7.69. The zero-order valence-corrected chi connectivity index (χ0v) is 11.3. The summed E-state index contributed by atoms with van der Waals surface area (Å²) in [5.74, 6) is 0. The number of aliphatic hydroxyl groups excluding tert-OH is 4. The molecule has 1 aliphatic rings. The molecule has 5 nitrogen and oxygen atoms in total. The number of aryl methyl sites for hydroxylation is 1. The van der Waals surface area contributed by atoms with E-state index in [0.717, 1.165) is 10.5 Å². The third-order valence-corrected chi connectivity index (χ3v) is 4.26. The normalized spacial score (nSPS) is 32.5. The van der Waals surface area contributed by atoms with Crippen LogP contribution >= 0.6 is 11.8 Å². The molecule has 1 fully saturated rings. The van der Waals surface area contributed by atoms with Gasteiger partial charge in [-0.1, -0.05) is 29.5 Å². The van der Waals surface area contributed by atoms with Crippen molar-refractivity contribution in [3.05, 3.63) is 29.8 Å². The summed E-state index contributed by atoms with van der Waals surface area (Å²) in [5.41, 5.74) is 0.467. The van der Waals surface area contributed by atoms with Crippen LogP contribution in [0.2, 0.25) is 0 Å². The molecule has 106 valence electrons. The van der Waals surface area contributed by atoms with Crippen LogP contribution in [0.5, 0.6) is 0 Å². The van der Waals surface area contributed by atoms with E-state index in [1.165, 1.54) is 11.8 Å². The van der Waals surface area contributed by atoms with Crippen molar-refractivity contribution in [2.45, 2.75) is 41.7 Å². The van der Waals surface area contributed by atoms with Gasteiger partial charge in [0.15, 0.2) is 0 Å². The van der Waals surface area contributed by atoms with E-state index in [1.54, 1.807) is 0 Å². The van der Waals surface area contributed by atoms with Gasteiger partial charge in [0, 0.05) is 4.90 Å². The number of rotatable bonds is 4. The van der Waals surface area contributed by atoms with Crippen molar-refractivity contribution in [1.82, 2.24) is 0 Å². The highest BCUT2D eigenvalue weighted by molar-refractivity contribution is 7.99. The third kappa shape index (κ3) is 3.28. The fraction of sp³-hybridized carbons (Fsp3) is 0.538. The molecule has 0 unspecified atom stereocenters. The van der Waals surface area contributed by atoms with Crippen molar-refractivity contribution in [3.8, 4) is 0 Å². The van der Waals surface area contributed by atoms with Crippen LogP contribution in [0, 0.1) is 6.92 Å². The van der Waals surface area contributed by atoms with Gasteiger partial charge in [0.25, 0.3) is 0 Å². The third-order valence-electron chi connectivity index (χ3n) is 3.10. The molecule has 6 heteroatoms. The van der Waals surface area contributed by atoms with Crippen LogP contribution in [0.1, 0.15) is 5.56 Å². The maximum Gasteiger partial charge on any atom is 0.136 e. The molecule has 4 N–H and O–H groups in total. The first-order chi connectivity index (χ1) is 9.02. The van der Waals surface area contributed by atoms with Crippen molar-refractivity contribution in [1.29, 1.82) is 0 Å². The van der Waals surface area contributed by atoms with Gasteiger partial charge in [-0.2, -0.15) is 0 Å². The van der Waals surface area contributed by atoms with Crippen LogP contribution in [0.4, 0.5) is 0 Å². The Morgan fingerprint density at radius 1 is 1.21 bits per heavy atom. The second-order valence-corrected chi connectivity index (χ2v) is 5.80. The molecular formula is C13H18O5S. The standard InChI is InChI=1S/C13H18O5S/c1-7-2-4-8(5-3-7)19-13-11(17)10(16)12(18-13)9(15)6-14/h2-5,9-17H,6H2,1H3/t9-,10-,11-,12+,13-/m1/s1. The van der Waals surface area contributed by atoms with E-state index < -0.39 is 36.5 Å². The quantitative estimate of drug-likeness (QED) is 0.617. The number of ether oxygens (including phenoxy) is 1.